The molecule has 0 saturated heterocycles. The van der Waals surface area contributed by atoms with Crippen molar-refractivity contribution in [1.29, 1.82) is 0 Å². The van der Waals surface area contributed by atoms with E-state index in [0.29, 0.717) is 0 Å². The van der Waals surface area contributed by atoms with E-state index in [1.54, 1.807) is 7.11 Å². The van der Waals surface area contributed by atoms with Gasteiger partial charge in [-0.1, -0.05) is 40.5 Å². The molecular weight excluding hydrogens is 464 g/mol. The number of ether oxygens (including phenoxy) is 1. The highest BCUT2D eigenvalue weighted by molar-refractivity contribution is 14.1. The Labute approximate surface area is 152 Å². The highest BCUT2D eigenvalue weighted by Gasteiger charge is 2.19. The zero-order chi connectivity index (χ0) is 15.4. The normalized spacial score (nSPS) is 12.2. The third-order valence-electron chi connectivity index (χ3n) is 3.20. The lowest BCUT2D eigenvalue weighted by Crippen LogP contribution is -2.23. The highest BCUT2D eigenvalue weighted by atomic mass is 127. The summed E-state index contributed by atoms with van der Waals surface area (Å²) in [4.78, 5) is 0. The van der Waals surface area contributed by atoms with E-state index in [1.165, 1.54) is 9.13 Å². The van der Waals surface area contributed by atoms with Crippen molar-refractivity contribution in [3.05, 3.63) is 60.6 Å². The second-order valence-electron chi connectivity index (χ2n) is 4.54. The molecule has 1 atom stereocenters. The van der Waals surface area contributed by atoms with Crippen LogP contribution < -0.4 is 10.1 Å². The zero-order valence-corrected chi connectivity index (χ0v) is 16.3. The molecule has 0 amide bonds. The molecule has 0 aliphatic heterocycles. The van der Waals surface area contributed by atoms with Crippen molar-refractivity contribution in [2.75, 3.05) is 13.7 Å². The van der Waals surface area contributed by atoms with Gasteiger partial charge >= 0.3 is 0 Å². The SMILES string of the molecule is CCNC(c1ccc(OC)cc1Br)c1cc(Cl)ccc1I. The predicted molar refractivity (Wildman–Crippen MR) is 100 cm³/mol. The Morgan fingerprint density at radius 1 is 1.24 bits per heavy atom. The molecule has 0 fully saturated rings. The van der Waals surface area contributed by atoms with Crippen LogP contribution in [0.3, 0.4) is 0 Å². The van der Waals surface area contributed by atoms with Gasteiger partial charge in [-0.2, -0.15) is 0 Å². The first-order valence-corrected chi connectivity index (χ1v) is 8.83. The minimum Gasteiger partial charge on any atom is -0.497 e. The third-order valence-corrected chi connectivity index (χ3v) is 5.10. The first-order valence-electron chi connectivity index (χ1n) is 6.58. The summed E-state index contributed by atoms with van der Waals surface area (Å²) in [5, 5.41) is 4.28. The Kier molecular flexibility index (Phi) is 6.34. The Balaban J connectivity index is 2.50. The number of rotatable bonds is 5. The van der Waals surface area contributed by atoms with Crippen LogP contribution in [0.5, 0.6) is 5.75 Å². The first kappa shape index (κ1) is 17.1. The van der Waals surface area contributed by atoms with Crippen LogP contribution in [0.25, 0.3) is 0 Å². The van der Waals surface area contributed by atoms with Gasteiger partial charge in [-0.25, -0.2) is 0 Å². The molecule has 1 unspecified atom stereocenters. The van der Waals surface area contributed by atoms with Crippen molar-refractivity contribution in [2.45, 2.75) is 13.0 Å². The molecule has 0 aliphatic rings. The molecule has 112 valence electrons. The van der Waals surface area contributed by atoms with Crippen LogP contribution in [0.4, 0.5) is 0 Å². The standard InChI is InChI=1S/C16H16BrClINO/c1-3-20-16(13-8-10(18)4-7-15(13)19)12-6-5-11(21-2)9-14(12)17/h4-9,16,20H,3H2,1-2H3. The Morgan fingerprint density at radius 3 is 2.62 bits per heavy atom. The molecule has 2 rings (SSSR count). The van der Waals surface area contributed by atoms with E-state index in [1.807, 2.05) is 30.3 Å². The number of benzene rings is 2. The van der Waals surface area contributed by atoms with Crippen LogP contribution >= 0.6 is 50.1 Å². The molecule has 2 aromatic carbocycles. The van der Waals surface area contributed by atoms with Gasteiger partial charge in [-0.15, -0.1) is 0 Å². The maximum atomic E-state index is 6.17. The van der Waals surface area contributed by atoms with E-state index < -0.39 is 0 Å². The fourth-order valence-corrected chi connectivity index (χ4v) is 3.61. The lowest BCUT2D eigenvalue weighted by molar-refractivity contribution is 0.414. The Bertz CT molecular complexity index is 636. The Morgan fingerprint density at radius 2 is 2.00 bits per heavy atom. The van der Waals surface area contributed by atoms with Crippen molar-refractivity contribution in [3.8, 4) is 5.75 Å². The van der Waals surface area contributed by atoms with Crippen LogP contribution in [-0.2, 0) is 0 Å². The summed E-state index contributed by atoms with van der Waals surface area (Å²) >= 11 is 12.2. The van der Waals surface area contributed by atoms with Gasteiger partial charge in [-0.05, 0) is 70.6 Å². The van der Waals surface area contributed by atoms with Gasteiger partial charge in [0.05, 0.1) is 13.2 Å². The number of hydrogen-bond acceptors (Lipinski definition) is 2. The molecule has 2 aromatic rings. The molecule has 0 bridgehead atoms. The molecule has 1 N–H and O–H groups in total. The minimum atomic E-state index is 0.0841. The third kappa shape index (κ3) is 4.12. The largest absolute Gasteiger partial charge is 0.497 e. The molecule has 21 heavy (non-hydrogen) atoms. The summed E-state index contributed by atoms with van der Waals surface area (Å²) in [5.41, 5.74) is 2.34. The number of methoxy groups -OCH3 is 1. The van der Waals surface area contributed by atoms with E-state index in [9.17, 15) is 0 Å². The van der Waals surface area contributed by atoms with Gasteiger partial charge in [0.25, 0.3) is 0 Å². The fourth-order valence-electron chi connectivity index (χ4n) is 2.20. The second kappa shape index (κ2) is 7.81. The average molecular weight is 481 g/mol. The molecule has 0 aliphatic carbocycles. The lowest BCUT2D eigenvalue weighted by Gasteiger charge is -2.22. The maximum absolute atomic E-state index is 6.17. The van der Waals surface area contributed by atoms with E-state index in [0.717, 1.165) is 27.4 Å². The van der Waals surface area contributed by atoms with Crippen molar-refractivity contribution in [3.63, 3.8) is 0 Å². The van der Waals surface area contributed by atoms with Crippen molar-refractivity contribution in [2.24, 2.45) is 0 Å². The maximum Gasteiger partial charge on any atom is 0.120 e. The fraction of sp³-hybridized carbons (Fsp3) is 0.250. The quantitative estimate of drug-likeness (QED) is 0.578. The molecule has 0 aromatic heterocycles. The van der Waals surface area contributed by atoms with Gasteiger partial charge < -0.3 is 10.1 Å². The second-order valence-corrected chi connectivity index (χ2v) is 7.00. The smallest absolute Gasteiger partial charge is 0.120 e. The van der Waals surface area contributed by atoms with Gasteiger partial charge in [0.15, 0.2) is 0 Å². The topological polar surface area (TPSA) is 21.3 Å². The molecule has 0 spiro atoms. The molecule has 5 heteroatoms. The van der Waals surface area contributed by atoms with Gasteiger partial charge in [0, 0.05) is 13.1 Å². The van der Waals surface area contributed by atoms with Gasteiger partial charge in [0.2, 0.25) is 0 Å². The number of nitrogens with one attached hydrogen (secondary N) is 1. The summed E-state index contributed by atoms with van der Waals surface area (Å²) < 4.78 is 7.47. The van der Waals surface area contributed by atoms with Crippen LogP contribution in [0.2, 0.25) is 5.02 Å². The number of halogens is 3. The van der Waals surface area contributed by atoms with Crippen molar-refractivity contribution >= 4 is 50.1 Å². The Hall–Kier alpha value is -0.300. The average Bonchev–Trinajstić information content (AvgIpc) is 2.48. The van der Waals surface area contributed by atoms with E-state index in [2.05, 4.69) is 56.8 Å². The summed E-state index contributed by atoms with van der Waals surface area (Å²) in [6, 6.07) is 12.1. The molecule has 0 radical (unpaired) electrons. The van der Waals surface area contributed by atoms with Crippen LogP contribution in [0.1, 0.15) is 24.1 Å². The first-order chi connectivity index (χ1) is 10.1. The number of hydrogen-bond donors (Lipinski definition) is 1. The molecule has 0 saturated carbocycles. The van der Waals surface area contributed by atoms with Crippen LogP contribution in [0, 0.1) is 3.57 Å². The van der Waals surface area contributed by atoms with Crippen molar-refractivity contribution < 1.29 is 4.74 Å². The molecule has 0 heterocycles. The molecule has 2 nitrogen and oxygen atoms in total. The zero-order valence-electron chi connectivity index (χ0n) is 11.8. The van der Waals surface area contributed by atoms with E-state index in [4.69, 9.17) is 16.3 Å². The molecular formula is C16H16BrClINO. The van der Waals surface area contributed by atoms with Crippen LogP contribution in [-0.4, -0.2) is 13.7 Å². The van der Waals surface area contributed by atoms with Gasteiger partial charge in [0.1, 0.15) is 5.75 Å². The van der Waals surface area contributed by atoms with Crippen molar-refractivity contribution in [1.82, 2.24) is 5.32 Å². The summed E-state index contributed by atoms with van der Waals surface area (Å²) in [7, 11) is 1.67. The highest BCUT2D eigenvalue weighted by Crippen LogP contribution is 2.34. The van der Waals surface area contributed by atoms with Gasteiger partial charge in [-0.3, -0.25) is 0 Å². The predicted octanol–water partition coefficient (Wildman–Crippen LogP) is 5.41. The summed E-state index contributed by atoms with van der Waals surface area (Å²) in [6.07, 6.45) is 0. The summed E-state index contributed by atoms with van der Waals surface area (Å²) in [5.74, 6) is 0.835. The minimum absolute atomic E-state index is 0.0841. The van der Waals surface area contributed by atoms with Crippen LogP contribution in [0.15, 0.2) is 40.9 Å². The van der Waals surface area contributed by atoms with E-state index >= 15 is 0 Å². The monoisotopic (exact) mass is 479 g/mol. The lowest BCUT2D eigenvalue weighted by atomic mass is 9.98. The summed E-state index contributed by atoms with van der Waals surface area (Å²) in [6.45, 7) is 2.97. The van der Waals surface area contributed by atoms with E-state index in [-0.39, 0.29) is 6.04 Å².